The highest BCUT2D eigenvalue weighted by molar-refractivity contribution is 6.75. The molecular formula is C12H24N2O4Si. The minimum Gasteiger partial charge on any atom is -0.501 e. The van der Waals surface area contributed by atoms with Crippen molar-refractivity contribution >= 4 is 20.5 Å². The van der Waals surface area contributed by atoms with Crippen LogP contribution < -0.4 is 0 Å². The molecule has 0 spiro atoms. The molecule has 0 rings (SSSR count). The fourth-order valence-corrected chi connectivity index (χ4v) is 6.42. The van der Waals surface area contributed by atoms with Gasteiger partial charge in [0.25, 0.3) is 8.32 Å². The van der Waals surface area contributed by atoms with E-state index in [2.05, 4.69) is 35.7 Å². The number of nitrogens with zero attached hydrogens (tertiary/aromatic N) is 2. The Kier molecular flexibility index (Phi) is 9.02. The van der Waals surface area contributed by atoms with Crippen LogP contribution in [0.15, 0.2) is 10.2 Å². The third-order valence-corrected chi connectivity index (χ3v) is 7.65. The topological polar surface area (TPSA) is 77.3 Å². The van der Waals surface area contributed by atoms with E-state index in [0.29, 0.717) is 0 Å². The molecule has 0 aliphatic heterocycles. The summed E-state index contributed by atoms with van der Waals surface area (Å²) in [5, 5.41) is 6.37. The summed E-state index contributed by atoms with van der Waals surface area (Å²) in [6, 6.07) is 2.77. The normalized spacial score (nSPS) is 11.6. The van der Waals surface area contributed by atoms with Gasteiger partial charge in [0.1, 0.15) is 0 Å². The average molecular weight is 288 g/mol. The smallest absolute Gasteiger partial charge is 0.452 e. The van der Waals surface area contributed by atoms with Crippen molar-refractivity contribution in [3.05, 3.63) is 0 Å². The van der Waals surface area contributed by atoms with Crippen molar-refractivity contribution in [1.29, 1.82) is 0 Å². The Labute approximate surface area is 115 Å². The summed E-state index contributed by atoms with van der Waals surface area (Å²) in [5.74, 6) is 0. The van der Waals surface area contributed by atoms with Crippen LogP contribution in [-0.2, 0) is 9.16 Å². The number of carbonyl (C=O) groups is 2. The Balaban J connectivity index is 4.73. The minimum atomic E-state index is -2.10. The summed E-state index contributed by atoms with van der Waals surface area (Å²) >= 11 is 0. The van der Waals surface area contributed by atoms with Crippen LogP contribution in [-0.4, -0.2) is 27.6 Å². The van der Waals surface area contributed by atoms with E-state index in [0.717, 1.165) is 37.4 Å². The summed E-state index contributed by atoms with van der Waals surface area (Å²) in [6.07, 6.45) is 1.27. The zero-order chi connectivity index (χ0) is 14.7. The van der Waals surface area contributed by atoms with E-state index in [9.17, 15) is 9.59 Å². The van der Waals surface area contributed by atoms with Crippen LogP contribution in [0.2, 0.25) is 18.1 Å². The van der Waals surface area contributed by atoms with E-state index >= 15 is 0 Å². The molecule has 0 aromatic carbocycles. The van der Waals surface area contributed by atoms with Gasteiger partial charge in [0, 0.05) is 0 Å². The SMILES string of the molecule is CCC[Si](CCC)(CCC)OC(=O)N=NC(=O)OC. The molecule has 0 aliphatic carbocycles. The molecule has 0 saturated heterocycles. The van der Waals surface area contributed by atoms with Crippen LogP contribution in [0.4, 0.5) is 9.59 Å². The molecule has 0 heterocycles. The van der Waals surface area contributed by atoms with Gasteiger partial charge in [-0.25, -0.2) is 9.59 Å². The van der Waals surface area contributed by atoms with Gasteiger partial charge in [-0.1, -0.05) is 50.3 Å². The molecular weight excluding hydrogens is 264 g/mol. The minimum absolute atomic E-state index is 0.771. The van der Waals surface area contributed by atoms with Crippen molar-refractivity contribution in [1.82, 2.24) is 0 Å². The number of ether oxygens (including phenoxy) is 1. The van der Waals surface area contributed by atoms with E-state index < -0.39 is 20.5 Å². The van der Waals surface area contributed by atoms with Crippen molar-refractivity contribution in [2.75, 3.05) is 7.11 Å². The van der Waals surface area contributed by atoms with E-state index in [4.69, 9.17) is 4.43 Å². The highest BCUT2D eigenvalue weighted by atomic mass is 28.4. The Bertz CT molecular complexity index is 304. The lowest BCUT2D eigenvalue weighted by molar-refractivity contribution is 0.177. The molecule has 0 fully saturated rings. The van der Waals surface area contributed by atoms with E-state index in [1.165, 1.54) is 7.11 Å². The van der Waals surface area contributed by atoms with Crippen LogP contribution >= 0.6 is 0 Å². The first-order valence-electron chi connectivity index (χ1n) is 6.76. The van der Waals surface area contributed by atoms with Crippen molar-refractivity contribution < 1.29 is 18.8 Å². The Morgan fingerprint density at radius 1 is 0.895 bits per heavy atom. The highest BCUT2D eigenvalue weighted by Gasteiger charge is 2.36. The van der Waals surface area contributed by atoms with Gasteiger partial charge in [-0.3, -0.25) is 0 Å². The fraction of sp³-hybridized carbons (Fsp3) is 0.833. The quantitative estimate of drug-likeness (QED) is 0.510. The number of methoxy groups -OCH3 is 1. The molecule has 0 unspecified atom stereocenters. The van der Waals surface area contributed by atoms with Crippen LogP contribution in [0, 0.1) is 0 Å². The second-order valence-electron chi connectivity index (χ2n) is 4.47. The largest absolute Gasteiger partial charge is 0.501 e. The molecule has 0 N–H and O–H groups in total. The molecule has 0 saturated carbocycles. The molecule has 2 amide bonds. The number of hydrogen-bond donors (Lipinski definition) is 0. The molecule has 7 heteroatoms. The van der Waals surface area contributed by atoms with E-state index in [-0.39, 0.29) is 0 Å². The maximum Gasteiger partial charge on any atom is 0.452 e. The summed E-state index contributed by atoms with van der Waals surface area (Å²) in [5.41, 5.74) is 0. The van der Waals surface area contributed by atoms with Gasteiger partial charge in [0.15, 0.2) is 0 Å². The van der Waals surface area contributed by atoms with Crippen LogP contribution in [0.3, 0.4) is 0 Å². The molecule has 0 aromatic heterocycles. The molecule has 6 nitrogen and oxygen atoms in total. The van der Waals surface area contributed by atoms with Gasteiger partial charge in [-0.2, -0.15) is 0 Å². The molecule has 0 aliphatic rings. The zero-order valence-electron chi connectivity index (χ0n) is 12.3. The summed E-state index contributed by atoms with van der Waals surface area (Å²) in [4.78, 5) is 22.4. The lowest BCUT2D eigenvalue weighted by Gasteiger charge is -2.29. The number of rotatable bonds is 7. The summed E-state index contributed by atoms with van der Waals surface area (Å²) < 4.78 is 9.86. The number of azo groups is 1. The van der Waals surface area contributed by atoms with Crippen molar-refractivity contribution in [2.45, 2.75) is 58.2 Å². The second kappa shape index (κ2) is 9.66. The predicted molar refractivity (Wildman–Crippen MR) is 74.8 cm³/mol. The maximum atomic E-state index is 11.6. The maximum absolute atomic E-state index is 11.6. The number of hydrogen-bond acceptors (Lipinski definition) is 4. The standard InChI is InChI=1S/C12H24N2O4Si/c1-5-8-19(9-6-2,10-7-3)18-12(16)14-13-11(15)17-4/h5-10H2,1-4H3. The molecule has 110 valence electrons. The van der Waals surface area contributed by atoms with E-state index in [1.54, 1.807) is 0 Å². The molecule has 0 aromatic rings. The van der Waals surface area contributed by atoms with Crippen LogP contribution in [0.25, 0.3) is 0 Å². The third-order valence-electron chi connectivity index (χ3n) is 2.81. The van der Waals surface area contributed by atoms with Crippen LogP contribution in [0.5, 0.6) is 0 Å². The first-order valence-corrected chi connectivity index (χ1v) is 9.29. The first-order chi connectivity index (χ1) is 9.03. The average Bonchev–Trinajstić information content (AvgIpc) is 2.36. The Hall–Kier alpha value is -1.24. The van der Waals surface area contributed by atoms with E-state index in [1.807, 2.05) is 0 Å². The summed E-state index contributed by atoms with van der Waals surface area (Å²) in [6.45, 7) is 6.24. The van der Waals surface area contributed by atoms with Gasteiger partial charge >= 0.3 is 12.2 Å². The molecule has 0 radical (unpaired) electrons. The number of amides is 2. The molecule has 19 heavy (non-hydrogen) atoms. The predicted octanol–water partition coefficient (Wildman–Crippen LogP) is 4.52. The molecule has 0 bridgehead atoms. The lowest BCUT2D eigenvalue weighted by atomic mass is 10.6. The van der Waals surface area contributed by atoms with Gasteiger partial charge in [0.05, 0.1) is 7.11 Å². The lowest BCUT2D eigenvalue weighted by Crippen LogP contribution is -2.39. The number of carbonyl (C=O) groups excluding carboxylic acids is 2. The van der Waals surface area contributed by atoms with Crippen molar-refractivity contribution in [2.24, 2.45) is 10.2 Å². The fourth-order valence-electron chi connectivity index (χ4n) is 2.22. The second-order valence-corrected chi connectivity index (χ2v) is 8.54. The summed E-state index contributed by atoms with van der Waals surface area (Å²) in [7, 11) is -0.919. The monoisotopic (exact) mass is 288 g/mol. The van der Waals surface area contributed by atoms with Gasteiger partial charge < -0.3 is 9.16 Å². The Morgan fingerprint density at radius 2 is 1.32 bits per heavy atom. The van der Waals surface area contributed by atoms with Crippen molar-refractivity contribution in [3.63, 3.8) is 0 Å². The van der Waals surface area contributed by atoms with Crippen molar-refractivity contribution in [3.8, 4) is 0 Å². The van der Waals surface area contributed by atoms with Gasteiger partial charge in [0.2, 0.25) is 0 Å². The van der Waals surface area contributed by atoms with Gasteiger partial charge in [-0.15, -0.1) is 0 Å². The Morgan fingerprint density at radius 3 is 1.68 bits per heavy atom. The highest BCUT2D eigenvalue weighted by Crippen LogP contribution is 2.27. The third kappa shape index (κ3) is 7.05. The van der Waals surface area contributed by atoms with Gasteiger partial charge in [-0.05, 0) is 18.1 Å². The van der Waals surface area contributed by atoms with Crippen LogP contribution in [0.1, 0.15) is 40.0 Å². The zero-order valence-corrected chi connectivity index (χ0v) is 13.3. The first kappa shape index (κ1) is 17.8. The molecule has 0 atom stereocenters.